The van der Waals surface area contributed by atoms with Crippen molar-refractivity contribution < 1.29 is 4.79 Å². The normalized spacial score (nSPS) is 22.4. The van der Waals surface area contributed by atoms with E-state index in [1.54, 1.807) is 16.9 Å². The van der Waals surface area contributed by atoms with Gasteiger partial charge in [0.25, 0.3) is 5.91 Å². The Balaban J connectivity index is 1.70. The molecule has 21 heavy (non-hydrogen) atoms. The average molecular weight is 286 g/mol. The van der Waals surface area contributed by atoms with E-state index in [2.05, 4.69) is 22.3 Å². The minimum atomic E-state index is -0.0302. The van der Waals surface area contributed by atoms with Crippen LogP contribution in [0.4, 0.5) is 0 Å². The maximum Gasteiger partial charge on any atom is 0.254 e. The van der Waals surface area contributed by atoms with Gasteiger partial charge in [-0.05, 0) is 38.5 Å². The fraction of sp³-hybridized carbons (Fsp3) is 0.562. The van der Waals surface area contributed by atoms with E-state index in [0.717, 1.165) is 30.1 Å². The summed E-state index contributed by atoms with van der Waals surface area (Å²) in [5.74, 6) is 0.805. The van der Waals surface area contributed by atoms with Gasteiger partial charge in [-0.3, -0.25) is 4.79 Å². The standard InChI is InChI=1S/C16H22N4O/c1-3-12-4-6-13(7-5-12)19-16(21)14-10-20-15(8-9-17-20)18-11(14)2/h8-10,12-13H,3-7H2,1-2H3,(H,19,21). The van der Waals surface area contributed by atoms with E-state index in [-0.39, 0.29) is 5.91 Å². The van der Waals surface area contributed by atoms with Gasteiger partial charge in [0.1, 0.15) is 0 Å². The van der Waals surface area contributed by atoms with Gasteiger partial charge >= 0.3 is 0 Å². The molecule has 0 spiro atoms. The van der Waals surface area contributed by atoms with Crippen molar-refractivity contribution in [2.75, 3.05) is 0 Å². The summed E-state index contributed by atoms with van der Waals surface area (Å²) >= 11 is 0. The van der Waals surface area contributed by atoms with Crippen LogP contribution in [0.2, 0.25) is 0 Å². The highest BCUT2D eigenvalue weighted by Gasteiger charge is 2.22. The molecule has 0 unspecified atom stereocenters. The molecule has 0 radical (unpaired) electrons. The minimum absolute atomic E-state index is 0.0302. The smallest absolute Gasteiger partial charge is 0.254 e. The van der Waals surface area contributed by atoms with Gasteiger partial charge in [0.2, 0.25) is 0 Å². The maximum absolute atomic E-state index is 12.5. The zero-order chi connectivity index (χ0) is 14.8. The van der Waals surface area contributed by atoms with E-state index < -0.39 is 0 Å². The average Bonchev–Trinajstić information content (AvgIpc) is 2.94. The van der Waals surface area contributed by atoms with Crippen molar-refractivity contribution in [2.45, 2.75) is 52.0 Å². The summed E-state index contributed by atoms with van der Waals surface area (Å²) in [6.07, 6.45) is 9.31. The number of hydrogen-bond donors (Lipinski definition) is 1. The Morgan fingerprint density at radius 3 is 2.86 bits per heavy atom. The predicted octanol–water partition coefficient (Wildman–Crippen LogP) is 2.74. The highest BCUT2D eigenvalue weighted by atomic mass is 16.1. The largest absolute Gasteiger partial charge is 0.349 e. The van der Waals surface area contributed by atoms with Crippen molar-refractivity contribution in [3.63, 3.8) is 0 Å². The number of carbonyl (C=O) groups is 1. The van der Waals surface area contributed by atoms with Crippen molar-refractivity contribution in [1.82, 2.24) is 19.9 Å². The number of aromatic nitrogens is 3. The Hall–Kier alpha value is -1.91. The molecule has 0 saturated heterocycles. The Kier molecular flexibility index (Phi) is 3.90. The lowest BCUT2D eigenvalue weighted by molar-refractivity contribution is 0.0920. The van der Waals surface area contributed by atoms with Crippen molar-refractivity contribution in [3.8, 4) is 0 Å². The lowest BCUT2D eigenvalue weighted by Crippen LogP contribution is -2.38. The quantitative estimate of drug-likeness (QED) is 0.943. The molecule has 2 aromatic rings. The highest BCUT2D eigenvalue weighted by molar-refractivity contribution is 5.95. The monoisotopic (exact) mass is 286 g/mol. The number of nitrogens with zero attached hydrogens (tertiary/aromatic N) is 3. The van der Waals surface area contributed by atoms with Crippen LogP contribution in [0.5, 0.6) is 0 Å². The lowest BCUT2D eigenvalue weighted by atomic mass is 9.84. The maximum atomic E-state index is 12.5. The molecule has 2 heterocycles. The van der Waals surface area contributed by atoms with Crippen LogP contribution < -0.4 is 5.32 Å². The van der Waals surface area contributed by atoms with Gasteiger partial charge in [-0.1, -0.05) is 13.3 Å². The van der Waals surface area contributed by atoms with Gasteiger partial charge in [-0.25, -0.2) is 9.50 Å². The summed E-state index contributed by atoms with van der Waals surface area (Å²) in [5, 5.41) is 7.30. The van der Waals surface area contributed by atoms with Crippen molar-refractivity contribution in [1.29, 1.82) is 0 Å². The van der Waals surface area contributed by atoms with Gasteiger partial charge < -0.3 is 5.32 Å². The van der Waals surface area contributed by atoms with Gasteiger partial charge in [0.05, 0.1) is 17.5 Å². The number of fused-ring (bicyclic) bond motifs is 1. The molecular formula is C16H22N4O. The third-order valence-corrected chi connectivity index (χ3v) is 4.58. The molecule has 5 heteroatoms. The topological polar surface area (TPSA) is 59.3 Å². The second kappa shape index (κ2) is 5.84. The Bertz CT molecular complexity index is 641. The van der Waals surface area contributed by atoms with Gasteiger partial charge in [0, 0.05) is 18.3 Å². The molecule has 0 atom stereocenters. The molecule has 2 aromatic heterocycles. The molecule has 0 aromatic carbocycles. The molecule has 1 aliphatic carbocycles. The van der Waals surface area contributed by atoms with E-state index in [1.165, 1.54) is 19.3 Å². The Labute approximate surface area is 124 Å². The second-order valence-corrected chi connectivity index (χ2v) is 5.97. The lowest BCUT2D eigenvalue weighted by Gasteiger charge is -2.28. The van der Waals surface area contributed by atoms with E-state index in [4.69, 9.17) is 0 Å². The first kappa shape index (κ1) is 14.0. The zero-order valence-corrected chi connectivity index (χ0v) is 12.7. The second-order valence-electron chi connectivity index (χ2n) is 5.97. The highest BCUT2D eigenvalue weighted by Crippen LogP contribution is 2.26. The van der Waals surface area contributed by atoms with Gasteiger partial charge in [0.15, 0.2) is 5.65 Å². The molecule has 0 bridgehead atoms. The molecule has 5 nitrogen and oxygen atoms in total. The molecular weight excluding hydrogens is 264 g/mol. The summed E-state index contributed by atoms with van der Waals surface area (Å²) in [5.41, 5.74) is 2.14. The minimum Gasteiger partial charge on any atom is -0.349 e. The first-order valence-corrected chi connectivity index (χ1v) is 7.79. The van der Waals surface area contributed by atoms with E-state index in [0.29, 0.717) is 11.6 Å². The van der Waals surface area contributed by atoms with Gasteiger partial charge in [-0.15, -0.1) is 0 Å². The summed E-state index contributed by atoms with van der Waals surface area (Å²) in [4.78, 5) is 16.9. The summed E-state index contributed by atoms with van der Waals surface area (Å²) < 4.78 is 1.65. The molecule has 1 fully saturated rings. The third kappa shape index (κ3) is 2.91. The molecule has 0 aliphatic heterocycles. The predicted molar refractivity (Wildman–Crippen MR) is 81.2 cm³/mol. The van der Waals surface area contributed by atoms with E-state index in [9.17, 15) is 4.79 Å². The fourth-order valence-electron chi connectivity index (χ4n) is 3.14. The van der Waals surface area contributed by atoms with Crippen molar-refractivity contribution in [2.24, 2.45) is 5.92 Å². The van der Waals surface area contributed by atoms with Crippen LogP contribution in [0.25, 0.3) is 5.65 Å². The molecule has 1 amide bonds. The van der Waals surface area contributed by atoms with Crippen LogP contribution in [-0.2, 0) is 0 Å². The third-order valence-electron chi connectivity index (χ3n) is 4.58. The summed E-state index contributed by atoms with van der Waals surface area (Å²) in [7, 11) is 0. The zero-order valence-electron chi connectivity index (χ0n) is 12.7. The Morgan fingerprint density at radius 2 is 2.14 bits per heavy atom. The summed E-state index contributed by atoms with van der Waals surface area (Å²) in [6.45, 7) is 4.12. The van der Waals surface area contributed by atoms with Crippen LogP contribution in [0.3, 0.4) is 0 Å². The number of hydrogen-bond acceptors (Lipinski definition) is 3. The number of nitrogens with one attached hydrogen (secondary N) is 1. The molecule has 1 aliphatic rings. The number of carbonyl (C=O) groups excluding carboxylic acids is 1. The van der Waals surface area contributed by atoms with Crippen LogP contribution in [-0.4, -0.2) is 26.5 Å². The SMILES string of the molecule is CCC1CCC(NC(=O)c2cn3nccc3nc2C)CC1. The fourth-order valence-corrected chi connectivity index (χ4v) is 3.14. The van der Waals surface area contributed by atoms with Crippen LogP contribution in [0.15, 0.2) is 18.5 Å². The molecule has 1 saturated carbocycles. The van der Waals surface area contributed by atoms with E-state index >= 15 is 0 Å². The van der Waals surface area contributed by atoms with Gasteiger partial charge in [-0.2, -0.15) is 5.10 Å². The van der Waals surface area contributed by atoms with E-state index in [1.807, 2.05) is 13.0 Å². The molecule has 112 valence electrons. The first-order valence-electron chi connectivity index (χ1n) is 7.79. The number of rotatable bonds is 3. The number of aryl methyl sites for hydroxylation is 1. The van der Waals surface area contributed by atoms with Crippen molar-refractivity contribution in [3.05, 3.63) is 29.7 Å². The van der Waals surface area contributed by atoms with Crippen molar-refractivity contribution >= 4 is 11.6 Å². The van der Waals surface area contributed by atoms with Crippen LogP contribution in [0.1, 0.15) is 55.1 Å². The molecule has 3 rings (SSSR count). The molecule has 1 N–H and O–H groups in total. The first-order chi connectivity index (χ1) is 10.2. The van der Waals surface area contributed by atoms with Crippen LogP contribution >= 0.6 is 0 Å². The van der Waals surface area contributed by atoms with Crippen LogP contribution in [0, 0.1) is 12.8 Å². The summed E-state index contributed by atoms with van der Waals surface area (Å²) in [6, 6.07) is 2.13. The Morgan fingerprint density at radius 1 is 1.38 bits per heavy atom. The number of amides is 1.